The van der Waals surface area contributed by atoms with Gasteiger partial charge >= 0.3 is 0 Å². The molecule has 1 aliphatic rings. The molecule has 9 heteroatoms. The molecule has 1 aromatic carbocycles. The number of guanidine groups is 1. The molecule has 3 N–H and O–H groups in total. The van der Waals surface area contributed by atoms with Gasteiger partial charge in [-0.15, -0.1) is 24.0 Å². The highest BCUT2D eigenvalue weighted by Crippen LogP contribution is 2.09. The van der Waals surface area contributed by atoms with Gasteiger partial charge in [0.25, 0.3) is 0 Å². The third-order valence-corrected chi connectivity index (χ3v) is 5.54. The molecule has 3 rings (SSSR count). The Morgan fingerprint density at radius 1 is 1.21 bits per heavy atom. The first-order chi connectivity index (χ1) is 15.6. The second-order valence-corrected chi connectivity index (χ2v) is 8.56. The lowest BCUT2D eigenvalue weighted by Gasteiger charge is -2.34. The first kappa shape index (κ1) is 27.6. The van der Waals surface area contributed by atoms with Crippen LogP contribution in [-0.2, 0) is 24.2 Å². The van der Waals surface area contributed by atoms with Crippen molar-refractivity contribution in [2.45, 2.75) is 45.4 Å². The van der Waals surface area contributed by atoms with Gasteiger partial charge in [0.1, 0.15) is 12.4 Å². The predicted octanol–water partition coefficient (Wildman–Crippen LogP) is 2.27. The van der Waals surface area contributed by atoms with Gasteiger partial charge in [0.2, 0.25) is 0 Å². The summed E-state index contributed by atoms with van der Waals surface area (Å²) in [5, 5.41) is 17.4. The van der Waals surface area contributed by atoms with Crippen LogP contribution in [0.4, 0.5) is 0 Å². The van der Waals surface area contributed by atoms with E-state index in [2.05, 4.69) is 49.4 Å². The normalized spacial score (nSPS) is 16.6. The molecule has 1 saturated heterocycles. The first-order valence-electron chi connectivity index (χ1n) is 11.6. The topological polar surface area (TPSA) is 86.9 Å². The number of rotatable bonds is 11. The molecule has 8 nitrogen and oxygen atoms in total. The Balaban J connectivity index is 0.00000385. The highest BCUT2D eigenvalue weighted by Gasteiger charge is 2.25. The summed E-state index contributed by atoms with van der Waals surface area (Å²) < 4.78 is 7.56. The molecule has 184 valence electrons. The maximum absolute atomic E-state index is 10.8. The fourth-order valence-electron chi connectivity index (χ4n) is 3.86. The highest BCUT2D eigenvalue weighted by atomic mass is 127. The monoisotopic (exact) mass is 570 g/mol. The highest BCUT2D eigenvalue weighted by molar-refractivity contribution is 14.0. The number of benzene rings is 1. The summed E-state index contributed by atoms with van der Waals surface area (Å²) in [5.41, 5.74) is 0.499. The Bertz CT molecular complexity index is 821. The number of aliphatic hydroxyl groups is 1. The summed E-state index contributed by atoms with van der Waals surface area (Å²) in [5.74, 6) is 1.63. The molecule has 0 aliphatic carbocycles. The fourth-order valence-corrected chi connectivity index (χ4v) is 3.86. The molecule has 0 spiro atoms. The molecule has 1 atom stereocenters. The van der Waals surface area contributed by atoms with Crippen molar-refractivity contribution in [3.63, 3.8) is 0 Å². The zero-order chi connectivity index (χ0) is 22.7. The number of morpholine rings is 1. The van der Waals surface area contributed by atoms with Crippen molar-refractivity contribution in [3.8, 4) is 0 Å². The van der Waals surface area contributed by atoms with Crippen molar-refractivity contribution >= 4 is 29.9 Å². The molecule has 2 aromatic rings. The average molecular weight is 571 g/mol. The van der Waals surface area contributed by atoms with Crippen LogP contribution < -0.4 is 10.6 Å². The van der Waals surface area contributed by atoms with Crippen LogP contribution in [0, 0.1) is 0 Å². The molecule has 0 saturated carbocycles. The first-order valence-corrected chi connectivity index (χ1v) is 11.6. The maximum Gasteiger partial charge on any atom is 0.191 e. The second-order valence-electron chi connectivity index (χ2n) is 8.56. The van der Waals surface area contributed by atoms with Crippen LogP contribution in [0.5, 0.6) is 0 Å². The van der Waals surface area contributed by atoms with E-state index in [9.17, 15) is 5.11 Å². The van der Waals surface area contributed by atoms with Gasteiger partial charge in [0.05, 0.1) is 18.8 Å². The minimum atomic E-state index is -0.858. The van der Waals surface area contributed by atoms with E-state index in [1.807, 2.05) is 32.3 Å². The number of imidazole rings is 1. The number of hydrogen-bond acceptors (Lipinski definition) is 5. The number of aliphatic imine (C=N–C) groups is 1. The van der Waals surface area contributed by atoms with Gasteiger partial charge in [-0.3, -0.25) is 4.90 Å². The summed E-state index contributed by atoms with van der Waals surface area (Å²) in [6, 6.07) is 10.6. The third kappa shape index (κ3) is 9.99. The van der Waals surface area contributed by atoms with Gasteiger partial charge in [0.15, 0.2) is 5.96 Å². The van der Waals surface area contributed by atoms with Gasteiger partial charge in [-0.1, -0.05) is 30.3 Å². The van der Waals surface area contributed by atoms with E-state index in [4.69, 9.17) is 9.73 Å². The average Bonchev–Trinajstić information content (AvgIpc) is 3.24. The Morgan fingerprint density at radius 2 is 1.97 bits per heavy atom. The molecule has 0 radical (unpaired) electrons. The predicted molar refractivity (Wildman–Crippen MR) is 143 cm³/mol. The zero-order valence-electron chi connectivity index (χ0n) is 19.9. The molecule has 2 heterocycles. The van der Waals surface area contributed by atoms with Crippen molar-refractivity contribution < 1.29 is 9.84 Å². The maximum atomic E-state index is 10.8. The summed E-state index contributed by atoms with van der Waals surface area (Å²) in [6.07, 6.45) is 5.95. The van der Waals surface area contributed by atoms with Crippen molar-refractivity contribution in [2.24, 2.45) is 4.99 Å². The van der Waals surface area contributed by atoms with E-state index in [-0.39, 0.29) is 24.0 Å². The summed E-state index contributed by atoms with van der Waals surface area (Å²) in [7, 11) is 0. The van der Waals surface area contributed by atoms with Crippen LogP contribution in [0.2, 0.25) is 0 Å². The van der Waals surface area contributed by atoms with Crippen LogP contribution >= 0.6 is 24.0 Å². The quantitative estimate of drug-likeness (QED) is 0.219. The van der Waals surface area contributed by atoms with Gasteiger partial charge in [-0.2, -0.15) is 0 Å². The van der Waals surface area contributed by atoms with E-state index < -0.39 is 5.60 Å². The number of nitrogens with zero attached hydrogens (tertiary/aromatic N) is 4. The molecule has 0 bridgehead atoms. The van der Waals surface area contributed by atoms with Gasteiger partial charge in [-0.05, 0) is 32.3 Å². The number of aryl methyl sites for hydroxylation is 2. The number of halogens is 1. The number of nitrogens with one attached hydrogen (secondary N) is 2. The lowest BCUT2D eigenvalue weighted by atomic mass is 10.1. The Morgan fingerprint density at radius 3 is 2.70 bits per heavy atom. The Labute approximate surface area is 214 Å². The lowest BCUT2D eigenvalue weighted by Crippen LogP contribution is -2.53. The molecule has 0 amide bonds. The Hall–Kier alpha value is -1.69. The number of ether oxygens (including phenoxy) is 1. The smallest absolute Gasteiger partial charge is 0.191 e. The number of hydrogen-bond donors (Lipinski definition) is 3. The van der Waals surface area contributed by atoms with Gasteiger partial charge in [-0.25, -0.2) is 9.98 Å². The number of aromatic nitrogens is 2. The minimum Gasteiger partial charge on any atom is -0.387 e. The minimum absolute atomic E-state index is 0. The standard InChI is InChI=1S/C24H38N6O2.HI/c1-3-25-23(28-19-24(2,31)20-29-14-16-32-17-15-29)27-18-22-26-11-13-30(22)12-7-10-21-8-5-4-6-9-21;/h4-6,8-9,11,13,31H,3,7,10,12,14-20H2,1-2H3,(H2,25,27,28);1H. The SMILES string of the molecule is CCNC(=NCc1nccn1CCCc1ccccc1)NCC(C)(O)CN1CCOCC1.I. The van der Waals surface area contributed by atoms with Gasteiger partial charge in [0, 0.05) is 51.7 Å². The van der Waals surface area contributed by atoms with Crippen LogP contribution in [0.25, 0.3) is 0 Å². The van der Waals surface area contributed by atoms with Crippen LogP contribution in [-0.4, -0.2) is 77.1 Å². The van der Waals surface area contributed by atoms with E-state index in [0.717, 1.165) is 58.1 Å². The van der Waals surface area contributed by atoms with E-state index in [1.54, 1.807) is 0 Å². The van der Waals surface area contributed by atoms with Crippen LogP contribution in [0.3, 0.4) is 0 Å². The molecule has 1 aliphatic heterocycles. The van der Waals surface area contributed by atoms with Crippen molar-refractivity contribution in [3.05, 3.63) is 54.1 Å². The molecular formula is C24H39IN6O2. The summed E-state index contributed by atoms with van der Waals surface area (Å²) in [4.78, 5) is 11.4. The molecule has 1 unspecified atom stereocenters. The van der Waals surface area contributed by atoms with Gasteiger partial charge < -0.3 is 25.0 Å². The fraction of sp³-hybridized carbons (Fsp3) is 0.583. The second kappa shape index (κ2) is 14.5. The number of β-amino-alcohol motifs (C(OH)–C–C–N with tert-alkyl or cyclic N) is 1. The van der Waals surface area contributed by atoms with Crippen LogP contribution in [0.1, 0.15) is 31.7 Å². The van der Waals surface area contributed by atoms with E-state index in [1.165, 1.54) is 5.56 Å². The largest absolute Gasteiger partial charge is 0.387 e. The molecule has 1 fully saturated rings. The van der Waals surface area contributed by atoms with E-state index in [0.29, 0.717) is 25.6 Å². The van der Waals surface area contributed by atoms with E-state index >= 15 is 0 Å². The van der Waals surface area contributed by atoms with Crippen molar-refractivity contribution in [2.75, 3.05) is 45.9 Å². The lowest BCUT2D eigenvalue weighted by molar-refractivity contribution is -0.0201. The zero-order valence-corrected chi connectivity index (χ0v) is 22.2. The molecule has 33 heavy (non-hydrogen) atoms. The van der Waals surface area contributed by atoms with Crippen molar-refractivity contribution in [1.82, 2.24) is 25.1 Å². The van der Waals surface area contributed by atoms with Crippen molar-refractivity contribution in [1.29, 1.82) is 0 Å². The summed E-state index contributed by atoms with van der Waals surface area (Å²) in [6.45, 7) is 10.2. The summed E-state index contributed by atoms with van der Waals surface area (Å²) >= 11 is 0. The Kier molecular flexibility index (Phi) is 12.1. The van der Waals surface area contributed by atoms with Crippen LogP contribution in [0.15, 0.2) is 47.7 Å². The third-order valence-electron chi connectivity index (χ3n) is 5.54. The molecular weight excluding hydrogens is 531 g/mol. The molecule has 1 aromatic heterocycles.